The molecule has 1 aliphatic heterocycles. The van der Waals surface area contributed by atoms with Gasteiger partial charge in [-0.2, -0.15) is 0 Å². The molecule has 84 valence electrons. The van der Waals surface area contributed by atoms with Crippen LogP contribution in [0.25, 0.3) is 0 Å². The van der Waals surface area contributed by atoms with Gasteiger partial charge in [-0.25, -0.2) is 9.59 Å². The van der Waals surface area contributed by atoms with Gasteiger partial charge in [0.25, 0.3) is 0 Å². The van der Waals surface area contributed by atoms with E-state index in [2.05, 4.69) is 10.1 Å². The van der Waals surface area contributed by atoms with Crippen LogP contribution in [0, 0.1) is 0 Å². The average molecular weight is 220 g/mol. The fraction of sp³-hybridized carbons (Fsp3) is 0.273. The molecule has 2 amide bonds. The number of methoxy groups -OCH3 is 1. The summed E-state index contributed by atoms with van der Waals surface area (Å²) in [6.07, 6.45) is 0. The summed E-state index contributed by atoms with van der Waals surface area (Å²) in [6, 6.07) is 6.69. The van der Waals surface area contributed by atoms with Crippen molar-refractivity contribution in [2.75, 3.05) is 25.1 Å². The van der Waals surface area contributed by atoms with Gasteiger partial charge in [-0.1, -0.05) is 6.07 Å². The molecule has 1 fully saturated rings. The van der Waals surface area contributed by atoms with Crippen molar-refractivity contribution in [3.05, 3.63) is 29.8 Å². The van der Waals surface area contributed by atoms with Gasteiger partial charge >= 0.3 is 12.0 Å². The quantitative estimate of drug-likeness (QED) is 0.756. The molecule has 0 radical (unpaired) electrons. The standard InChI is InChI=1S/C11H12N2O3/c1-16-10(14)8-3-2-4-9(7-8)13-6-5-12-11(13)15/h2-4,7H,5-6H2,1H3,(H,12,15). The lowest BCUT2D eigenvalue weighted by Gasteiger charge is -2.14. The summed E-state index contributed by atoms with van der Waals surface area (Å²) in [5, 5.41) is 2.70. The van der Waals surface area contributed by atoms with E-state index in [0.29, 0.717) is 24.3 Å². The summed E-state index contributed by atoms with van der Waals surface area (Å²) >= 11 is 0. The highest BCUT2D eigenvalue weighted by atomic mass is 16.5. The van der Waals surface area contributed by atoms with Crippen molar-refractivity contribution in [3.63, 3.8) is 0 Å². The lowest BCUT2D eigenvalue weighted by atomic mass is 10.2. The van der Waals surface area contributed by atoms with Crippen LogP contribution < -0.4 is 10.2 Å². The van der Waals surface area contributed by atoms with Crippen molar-refractivity contribution in [1.82, 2.24) is 5.32 Å². The molecule has 1 N–H and O–H groups in total. The zero-order chi connectivity index (χ0) is 11.5. The van der Waals surface area contributed by atoms with Gasteiger partial charge in [0.1, 0.15) is 0 Å². The molecule has 0 saturated carbocycles. The molecule has 16 heavy (non-hydrogen) atoms. The minimum atomic E-state index is -0.401. The normalized spacial score (nSPS) is 14.8. The Morgan fingerprint density at radius 3 is 2.94 bits per heavy atom. The molecule has 0 bridgehead atoms. The maximum atomic E-state index is 11.4. The lowest BCUT2D eigenvalue weighted by Crippen LogP contribution is -2.27. The SMILES string of the molecule is COC(=O)c1cccc(N2CCNC2=O)c1. The van der Waals surface area contributed by atoms with Crippen LogP contribution in [0.15, 0.2) is 24.3 Å². The van der Waals surface area contributed by atoms with Crippen molar-refractivity contribution in [3.8, 4) is 0 Å². The predicted octanol–water partition coefficient (Wildman–Crippen LogP) is 1.00. The molecular weight excluding hydrogens is 208 g/mol. The van der Waals surface area contributed by atoms with Crippen molar-refractivity contribution >= 4 is 17.7 Å². The number of benzene rings is 1. The van der Waals surface area contributed by atoms with Gasteiger partial charge in [-0.3, -0.25) is 4.90 Å². The van der Waals surface area contributed by atoms with Gasteiger partial charge in [-0.05, 0) is 18.2 Å². The van der Waals surface area contributed by atoms with E-state index >= 15 is 0 Å². The number of rotatable bonds is 2. The minimum Gasteiger partial charge on any atom is -0.465 e. The summed E-state index contributed by atoms with van der Waals surface area (Å²) in [6.45, 7) is 1.24. The number of nitrogens with zero attached hydrogens (tertiary/aromatic N) is 1. The summed E-state index contributed by atoms with van der Waals surface area (Å²) in [7, 11) is 1.33. The van der Waals surface area contributed by atoms with E-state index in [-0.39, 0.29) is 6.03 Å². The third-order valence-electron chi connectivity index (χ3n) is 2.44. The molecule has 2 rings (SSSR count). The number of carbonyl (C=O) groups is 2. The molecule has 1 aliphatic rings. The van der Waals surface area contributed by atoms with E-state index in [1.807, 2.05) is 0 Å². The maximum Gasteiger partial charge on any atom is 0.337 e. The monoisotopic (exact) mass is 220 g/mol. The van der Waals surface area contributed by atoms with E-state index in [9.17, 15) is 9.59 Å². The Labute approximate surface area is 93.0 Å². The van der Waals surface area contributed by atoms with Crippen LogP contribution >= 0.6 is 0 Å². The van der Waals surface area contributed by atoms with Gasteiger partial charge in [0.15, 0.2) is 0 Å². The number of hydrogen-bond donors (Lipinski definition) is 1. The van der Waals surface area contributed by atoms with E-state index in [4.69, 9.17) is 0 Å². The molecule has 0 aliphatic carbocycles. The van der Waals surface area contributed by atoms with E-state index in [1.54, 1.807) is 29.2 Å². The second-order valence-corrected chi connectivity index (χ2v) is 3.43. The number of ether oxygens (including phenoxy) is 1. The van der Waals surface area contributed by atoms with Gasteiger partial charge in [0.05, 0.1) is 12.7 Å². The fourth-order valence-electron chi connectivity index (χ4n) is 1.64. The zero-order valence-electron chi connectivity index (χ0n) is 8.90. The molecule has 0 spiro atoms. The topological polar surface area (TPSA) is 58.6 Å². The van der Waals surface area contributed by atoms with Crippen molar-refractivity contribution < 1.29 is 14.3 Å². The Balaban J connectivity index is 2.28. The van der Waals surface area contributed by atoms with Gasteiger partial charge in [0, 0.05) is 18.8 Å². The summed E-state index contributed by atoms with van der Waals surface area (Å²) in [5.41, 5.74) is 1.15. The Morgan fingerprint density at radius 2 is 2.31 bits per heavy atom. The number of amides is 2. The molecule has 1 heterocycles. The highest BCUT2D eigenvalue weighted by Gasteiger charge is 2.21. The predicted molar refractivity (Wildman–Crippen MR) is 58.5 cm³/mol. The fourth-order valence-corrected chi connectivity index (χ4v) is 1.64. The summed E-state index contributed by atoms with van der Waals surface area (Å²) in [5.74, 6) is -0.401. The van der Waals surface area contributed by atoms with Gasteiger partial charge in [-0.15, -0.1) is 0 Å². The Morgan fingerprint density at radius 1 is 1.50 bits per heavy atom. The number of esters is 1. The smallest absolute Gasteiger partial charge is 0.337 e. The van der Waals surface area contributed by atoms with Crippen LogP contribution in [0.1, 0.15) is 10.4 Å². The van der Waals surface area contributed by atoms with Crippen molar-refractivity contribution in [2.24, 2.45) is 0 Å². The lowest BCUT2D eigenvalue weighted by molar-refractivity contribution is 0.0600. The third kappa shape index (κ3) is 1.84. The van der Waals surface area contributed by atoms with E-state index in [0.717, 1.165) is 0 Å². The second-order valence-electron chi connectivity index (χ2n) is 3.43. The second kappa shape index (κ2) is 4.22. The summed E-state index contributed by atoms with van der Waals surface area (Å²) < 4.78 is 4.62. The molecule has 5 heteroatoms. The Kier molecular flexibility index (Phi) is 2.76. The first-order chi connectivity index (χ1) is 7.72. The first kappa shape index (κ1) is 10.5. The summed E-state index contributed by atoms with van der Waals surface area (Å²) in [4.78, 5) is 24.3. The molecule has 0 atom stereocenters. The Hall–Kier alpha value is -2.04. The molecule has 0 aromatic heterocycles. The van der Waals surface area contributed by atoms with Crippen LogP contribution in [0.3, 0.4) is 0 Å². The molecule has 1 aromatic rings. The number of carbonyl (C=O) groups excluding carboxylic acids is 2. The molecular formula is C11H12N2O3. The molecule has 1 aromatic carbocycles. The van der Waals surface area contributed by atoms with E-state index < -0.39 is 5.97 Å². The number of nitrogens with one attached hydrogen (secondary N) is 1. The van der Waals surface area contributed by atoms with Gasteiger partial charge in [0.2, 0.25) is 0 Å². The maximum absolute atomic E-state index is 11.4. The number of hydrogen-bond acceptors (Lipinski definition) is 3. The van der Waals surface area contributed by atoms with Crippen LogP contribution in [-0.4, -0.2) is 32.2 Å². The molecule has 1 saturated heterocycles. The molecule has 0 unspecified atom stereocenters. The van der Waals surface area contributed by atoms with Crippen molar-refractivity contribution in [2.45, 2.75) is 0 Å². The van der Waals surface area contributed by atoms with Crippen LogP contribution in [0.5, 0.6) is 0 Å². The third-order valence-corrected chi connectivity index (χ3v) is 2.44. The zero-order valence-corrected chi connectivity index (χ0v) is 8.90. The van der Waals surface area contributed by atoms with Crippen LogP contribution in [-0.2, 0) is 4.74 Å². The van der Waals surface area contributed by atoms with Crippen LogP contribution in [0.2, 0.25) is 0 Å². The largest absolute Gasteiger partial charge is 0.465 e. The number of urea groups is 1. The average Bonchev–Trinajstić information content (AvgIpc) is 2.74. The minimum absolute atomic E-state index is 0.137. The highest BCUT2D eigenvalue weighted by Crippen LogP contribution is 2.18. The van der Waals surface area contributed by atoms with Gasteiger partial charge < -0.3 is 10.1 Å². The molecule has 5 nitrogen and oxygen atoms in total. The highest BCUT2D eigenvalue weighted by molar-refractivity contribution is 5.96. The first-order valence-electron chi connectivity index (χ1n) is 4.96. The van der Waals surface area contributed by atoms with Crippen molar-refractivity contribution in [1.29, 1.82) is 0 Å². The number of anilines is 1. The van der Waals surface area contributed by atoms with Crippen LogP contribution in [0.4, 0.5) is 10.5 Å². The Bertz CT molecular complexity index is 431. The first-order valence-corrected chi connectivity index (χ1v) is 4.96. The van der Waals surface area contributed by atoms with E-state index in [1.165, 1.54) is 7.11 Å².